The van der Waals surface area contributed by atoms with Crippen LogP contribution in [0.15, 0.2) is 18.2 Å². The van der Waals surface area contributed by atoms with Crippen molar-refractivity contribution in [2.75, 3.05) is 0 Å². The van der Waals surface area contributed by atoms with Gasteiger partial charge in [-0.2, -0.15) is 0 Å². The molecule has 0 aliphatic heterocycles. The van der Waals surface area contributed by atoms with Crippen molar-refractivity contribution < 1.29 is 0 Å². The zero-order valence-corrected chi connectivity index (χ0v) is 10.9. The second kappa shape index (κ2) is 2.55. The van der Waals surface area contributed by atoms with Gasteiger partial charge in [0.1, 0.15) is 0 Å². The SMILES string of the molecule is Cc1ccc(C23CC(I)(C2)C3)c(C)c1. The van der Waals surface area contributed by atoms with Gasteiger partial charge in [0.05, 0.1) is 0 Å². The van der Waals surface area contributed by atoms with Gasteiger partial charge in [-0.15, -0.1) is 0 Å². The predicted octanol–water partition coefficient (Wildman–Crippen LogP) is 3.91. The second-order valence-corrected chi connectivity index (χ2v) is 7.57. The number of hydrogen-bond donors (Lipinski definition) is 0. The molecule has 3 aliphatic rings. The van der Waals surface area contributed by atoms with Crippen LogP contribution in [-0.2, 0) is 5.41 Å². The Balaban J connectivity index is 1.99. The Hall–Kier alpha value is -0.0500. The average Bonchev–Trinajstić information content (AvgIpc) is 1.98. The van der Waals surface area contributed by atoms with Gasteiger partial charge < -0.3 is 0 Å². The second-order valence-electron chi connectivity index (χ2n) is 5.28. The summed E-state index contributed by atoms with van der Waals surface area (Å²) in [7, 11) is 0. The van der Waals surface area contributed by atoms with Crippen molar-refractivity contribution in [3.05, 3.63) is 34.9 Å². The molecule has 0 spiro atoms. The lowest BCUT2D eigenvalue weighted by Crippen LogP contribution is -2.66. The average molecular weight is 298 g/mol. The molecule has 74 valence electrons. The summed E-state index contributed by atoms with van der Waals surface area (Å²) in [5.41, 5.74) is 5.12. The van der Waals surface area contributed by atoms with E-state index in [2.05, 4.69) is 54.6 Å². The van der Waals surface area contributed by atoms with Gasteiger partial charge in [0.15, 0.2) is 0 Å². The van der Waals surface area contributed by atoms with Crippen LogP contribution >= 0.6 is 22.6 Å². The fourth-order valence-electron chi connectivity index (χ4n) is 3.36. The summed E-state index contributed by atoms with van der Waals surface area (Å²) in [6.45, 7) is 4.45. The van der Waals surface area contributed by atoms with Crippen molar-refractivity contribution in [2.45, 2.75) is 41.9 Å². The van der Waals surface area contributed by atoms with Crippen LogP contribution in [0.2, 0.25) is 0 Å². The normalized spacial score (nSPS) is 38.8. The van der Waals surface area contributed by atoms with Crippen molar-refractivity contribution in [3.63, 3.8) is 0 Å². The van der Waals surface area contributed by atoms with Gasteiger partial charge in [0.25, 0.3) is 0 Å². The molecule has 0 unspecified atom stereocenters. The predicted molar refractivity (Wildman–Crippen MR) is 68.2 cm³/mol. The van der Waals surface area contributed by atoms with Gasteiger partial charge in [0, 0.05) is 3.42 Å². The van der Waals surface area contributed by atoms with Gasteiger partial charge in [0.2, 0.25) is 0 Å². The molecular weight excluding hydrogens is 283 g/mol. The van der Waals surface area contributed by atoms with Gasteiger partial charge in [-0.3, -0.25) is 0 Å². The van der Waals surface area contributed by atoms with Crippen LogP contribution in [0, 0.1) is 13.8 Å². The lowest BCUT2D eigenvalue weighted by Gasteiger charge is -2.69. The Morgan fingerprint density at radius 3 is 2.29 bits per heavy atom. The number of benzene rings is 1. The molecule has 0 radical (unpaired) electrons. The Labute approximate surface area is 99.2 Å². The first-order chi connectivity index (χ1) is 6.53. The fourth-order valence-corrected chi connectivity index (χ4v) is 5.55. The molecule has 3 fully saturated rings. The molecule has 3 aliphatic carbocycles. The van der Waals surface area contributed by atoms with E-state index in [1.807, 2.05) is 0 Å². The smallest absolute Gasteiger partial charge is 0.0247 e. The maximum atomic E-state index is 2.65. The molecule has 1 heteroatoms. The molecule has 4 rings (SSSR count). The van der Waals surface area contributed by atoms with E-state index >= 15 is 0 Å². The number of rotatable bonds is 1. The maximum Gasteiger partial charge on any atom is 0.0247 e. The lowest BCUT2D eigenvalue weighted by atomic mass is 9.41. The summed E-state index contributed by atoms with van der Waals surface area (Å²) in [5.74, 6) is 0. The Morgan fingerprint density at radius 2 is 1.79 bits per heavy atom. The summed E-state index contributed by atoms with van der Waals surface area (Å²) in [5, 5.41) is 0. The van der Waals surface area contributed by atoms with Crippen LogP contribution in [-0.4, -0.2) is 3.42 Å². The van der Waals surface area contributed by atoms with Crippen molar-refractivity contribution in [1.29, 1.82) is 0 Å². The molecule has 1 aromatic carbocycles. The van der Waals surface area contributed by atoms with Crippen LogP contribution < -0.4 is 0 Å². The first kappa shape index (κ1) is 9.20. The minimum absolute atomic E-state index is 0.596. The van der Waals surface area contributed by atoms with E-state index in [1.54, 1.807) is 5.56 Å². The fraction of sp³-hybridized carbons (Fsp3) is 0.538. The summed E-state index contributed by atoms with van der Waals surface area (Å²) < 4.78 is 0.690. The highest BCUT2D eigenvalue weighted by atomic mass is 127. The van der Waals surface area contributed by atoms with Crippen LogP contribution in [0.5, 0.6) is 0 Å². The third-order valence-electron chi connectivity index (χ3n) is 3.92. The van der Waals surface area contributed by atoms with Crippen molar-refractivity contribution >= 4 is 22.6 Å². The number of alkyl halides is 1. The molecule has 0 atom stereocenters. The van der Waals surface area contributed by atoms with Gasteiger partial charge in [-0.05, 0) is 49.7 Å². The van der Waals surface area contributed by atoms with E-state index in [0.29, 0.717) is 8.84 Å². The van der Waals surface area contributed by atoms with E-state index in [9.17, 15) is 0 Å². The molecule has 0 heterocycles. The molecule has 0 saturated heterocycles. The molecule has 2 bridgehead atoms. The van der Waals surface area contributed by atoms with E-state index < -0.39 is 0 Å². The van der Waals surface area contributed by atoms with Crippen LogP contribution in [0.1, 0.15) is 36.0 Å². The van der Waals surface area contributed by atoms with Gasteiger partial charge >= 0.3 is 0 Å². The third kappa shape index (κ3) is 1.05. The van der Waals surface area contributed by atoms with Gasteiger partial charge in [-0.1, -0.05) is 46.4 Å². The summed E-state index contributed by atoms with van der Waals surface area (Å²) in [6, 6.07) is 6.96. The number of aryl methyl sites for hydroxylation is 2. The minimum atomic E-state index is 0.596. The molecule has 1 aromatic rings. The quantitative estimate of drug-likeness (QED) is 0.544. The first-order valence-electron chi connectivity index (χ1n) is 5.30. The number of hydrogen-bond acceptors (Lipinski definition) is 0. The lowest BCUT2D eigenvalue weighted by molar-refractivity contribution is 0.0214. The summed E-state index contributed by atoms with van der Waals surface area (Å²) in [4.78, 5) is 0. The molecule has 14 heavy (non-hydrogen) atoms. The van der Waals surface area contributed by atoms with E-state index in [4.69, 9.17) is 0 Å². The highest BCUT2D eigenvalue weighted by Crippen LogP contribution is 2.72. The van der Waals surface area contributed by atoms with E-state index in [0.717, 1.165) is 0 Å². The van der Waals surface area contributed by atoms with Crippen LogP contribution in [0.4, 0.5) is 0 Å². The molecule has 0 nitrogen and oxygen atoms in total. The monoisotopic (exact) mass is 298 g/mol. The zero-order valence-electron chi connectivity index (χ0n) is 8.73. The molecule has 0 N–H and O–H groups in total. The largest absolute Gasteiger partial charge is 0.0788 e. The zero-order chi connectivity index (χ0) is 9.97. The van der Waals surface area contributed by atoms with Crippen molar-refractivity contribution in [3.8, 4) is 0 Å². The standard InChI is InChI=1S/C13H15I/c1-9-3-4-11(10(2)5-9)12-6-13(14,7-12)8-12/h3-5H,6-8H2,1-2H3. The molecule has 0 aromatic heterocycles. The Kier molecular flexibility index (Phi) is 1.67. The Bertz CT molecular complexity index is 386. The number of halogens is 1. The van der Waals surface area contributed by atoms with E-state index in [1.165, 1.54) is 30.4 Å². The Morgan fingerprint density at radius 1 is 1.14 bits per heavy atom. The van der Waals surface area contributed by atoms with Crippen molar-refractivity contribution in [2.24, 2.45) is 0 Å². The van der Waals surface area contributed by atoms with Crippen molar-refractivity contribution in [1.82, 2.24) is 0 Å². The summed E-state index contributed by atoms with van der Waals surface area (Å²) in [6.07, 6.45) is 4.26. The molecule has 0 amide bonds. The molecular formula is C13H15I. The topological polar surface area (TPSA) is 0 Å². The maximum absolute atomic E-state index is 2.65. The minimum Gasteiger partial charge on any atom is -0.0788 e. The van der Waals surface area contributed by atoms with Gasteiger partial charge in [-0.25, -0.2) is 0 Å². The highest BCUT2D eigenvalue weighted by Gasteiger charge is 2.67. The molecule has 3 saturated carbocycles. The first-order valence-corrected chi connectivity index (χ1v) is 6.38. The summed E-state index contributed by atoms with van der Waals surface area (Å²) >= 11 is 2.65. The third-order valence-corrected chi connectivity index (χ3v) is 5.06. The van der Waals surface area contributed by atoms with Crippen LogP contribution in [0.3, 0.4) is 0 Å². The van der Waals surface area contributed by atoms with Crippen LogP contribution in [0.25, 0.3) is 0 Å². The highest BCUT2D eigenvalue weighted by molar-refractivity contribution is 14.1. The van der Waals surface area contributed by atoms with E-state index in [-0.39, 0.29) is 0 Å².